The van der Waals surface area contributed by atoms with Crippen molar-refractivity contribution in [1.82, 2.24) is 14.9 Å². The van der Waals surface area contributed by atoms with Crippen LogP contribution in [0, 0.1) is 18.4 Å². The predicted molar refractivity (Wildman–Crippen MR) is 77.7 cm³/mol. The predicted octanol–water partition coefficient (Wildman–Crippen LogP) is 2.60. The second-order valence-electron chi connectivity index (χ2n) is 3.80. The molecule has 1 aromatic heterocycles. The Kier molecular flexibility index (Phi) is 4.21. The lowest BCUT2D eigenvalue weighted by molar-refractivity contribution is 1.05. The highest BCUT2D eigenvalue weighted by Crippen LogP contribution is 2.22. The summed E-state index contributed by atoms with van der Waals surface area (Å²) < 4.78 is 1.93. The molecule has 0 spiro atoms. The molecule has 0 radical (unpaired) electrons. The van der Waals surface area contributed by atoms with Gasteiger partial charge in [0.2, 0.25) is 0 Å². The zero-order valence-corrected chi connectivity index (χ0v) is 11.5. The van der Waals surface area contributed by atoms with Crippen molar-refractivity contribution in [2.75, 3.05) is 6.26 Å². The molecule has 0 fully saturated rings. The van der Waals surface area contributed by atoms with Gasteiger partial charge in [0.25, 0.3) is 0 Å². The Labute approximate surface area is 116 Å². The first kappa shape index (κ1) is 13.2. The van der Waals surface area contributed by atoms with Crippen LogP contribution in [0.4, 0.5) is 5.69 Å². The first-order valence-electron chi connectivity index (χ1n) is 5.61. The quantitative estimate of drug-likeness (QED) is 0.394. The Bertz CT molecular complexity index is 625. The van der Waals surface area contributed by atoms with E-state index < -0.39 is 0 Å². The molecule has 0 aliphatic rings. The van der Waals surface area contributed by atoms with Crippen molar-refractivity contribution in [1.29, 1.82) is 5.26 Å². The topological polar surface area (TPSA) is 66.0 Å². The minimum atomic E-state index is 0.584. The van der Waals surface area contributed by atoms with Gasteiger partial charge in [-0.15, -0.1) is 0 Å². The standard InChI is InChI=1S/C13H13N5S/c1-10-7-11(18-6-5-15-9-18)3-4-12(10)17-13(19-2)16-8-14/h3-7,9H,1-2H3,(H,16,17). The van der Waals surface area contributed by atoms with Gasteiger partial charge in [-0.1, -0.05) is 11.8 Å². The summed E-state index contributed by atoms with van der Waals surface area (Å²) >= 11 is 1.40. The van der Waals surface area contributed by atoms with Crippen molar-refractivity contribution in [3.8, 4) is 11.9 Å². The number of thioether (sulfide) groups is 1. The highest BCUT2D eigenvalue weighted by atomic mass is 32.2. The number of amidine groups is 1. The van der Waals surface area contributed by atoms with Crippen molar-refractivity contribution < 1.29 is 0 Å². The molecule has 0 aliphatic heterocycles. The molecule has 2 aromatic rings. The Morgan fingerprint density at radius 3 is 2.95 bits per heavy atom. The van der Waals surface area contributed by atoms with E-state index in [9.17, 15) is 0 Å². The molecule has 0 atom stereocenters. The number of nitrogens with one attached hydrogen (secondary N) is 1. The molecule has 5 nitrogen and oxygen atoms in total. The summed E-state index contributed by atoms with van der Waals surface area (Å²) in [5, 5.41) is 11.8. The van der Waals surface area contributed by atoms with Gasteiger partial charge in [-0.05, 0) is 36.9 Å². The van der Waals surface area contributed by atoms with E-state index in [4.69, 9.17) is 5.26 Å². The van der Waals surface area contributed by atoms with E-state index in [1.165, 1.54) is 11.8 Å². The molecule has 96 valence electrons. The van der Waals surface area contributed by atoms with Crippen LogP contribution in [-0.2, 0) is 0 Å². The fourth-order valence-electron chi connectivity index (χ4n) is 1.62. The minimum absolute atomic E-state index is 0.584. The molecule has 1 aromatic carbocycles. The number of imidazole rings is 1. The number of nitriles is 1. The van der Waals surface area contributed by atoms with Gasteiger partial charge in [-0.25, -0.2) is 9.98 Å². The Morgan fingerprint density at radius 1 is 1.53 bits per heavy atom. The van der Waals surface area contributed by atoms with Crippen LogP contribution < -0.4 is 5.32 Å². The Morgan fingerprint density at radius 2 is 2.37 bits per heavy atom. The number of hydrogen-bond donors (Lipinski definition) is 1. The monoisotopic (exact) mass is 271 g/mol. The lowest BCUT2D eigenvalue weighted by Gasteiger charge is -2.07. The van der Waals surface area contributed by atoms with Gasteiger partial charge in [0.1, 0.15) is 0 Å². The van der Waals surface area contributed by atoms with Crippen molar-refractivity contribution in [2.24, 2.45) is 4.99 Å². The maximum Gasteiger partial charge on any atom is 0.183 e. The Balaban J connectivity index is 2.32. The number of aromatic nitrogens is 2. The van der Waals surface area contributed by atoms with Gasteiger partial charge in [0.05, 0.1) is 12.0 Å². The lowest BCUT2D eigenvalue weighted by Crippen LogP contribution is -2.12. The van der Waals surface area contributed by atoms with Gasteiger partial charge in [0, 0.05) is 18.1 Å². The third-order valence-electron chi connectivity index (χ3n) is 2.56. The van der Waals surface area contributed by atoms with E-state index in [1.807, 2.05) is 48.3 Å². The summed E-state index contributed by atoms with van der Waals surface area (Å²) in [4.78, 5) is 8.43. The fraction of sp³-hybridized carbons (Fsp3) is 0.154. The number of hydrogen-bond acceptors (Lipinski definition) is 4. The third kappa shape index (κ3) is 3.14. The largest absolute Gasteiger partial charge is 0.306 e. The molecule has 1 heterocycles. The summed E-state index contributed by atoms with van der Waals surface area (Å²) in [5.41, 5.74) is 2.92. The SMILES string of the molecule is CSC(=Nc1ccc(-n2ccnc2)cc1C)NC#N. The van der Waals surface area contributed by atoms with E-state index in [2.05, 4.69) is 15.3 Å². The third-order valence-corrected chi connectivity index (χ3v) is 3.14. The number of benzene rings is 1. The summed E-state index contributed by atoms with van der Waals surface area (Å²) in [7, 11) is 0. The van der Waals surface area contributed by atoms with Crippen LogP contribution in [0.3, 0.4) is 0 Å². The average Bonchev–Trinajstić information content (AvgIpc) is 2.94. The van der Waals surface area contributed by atoms with Crippen LogP contribution in [0.5, 0.6) is 0 Å². The van der Waals surface area contributed by atoms with Crippen molar-refractivity contribution in [3.63, 3.8) is 0 Å². The molecular formula is C13H13N5S. The molecule has 0 aliphatic carbocycles. The Hall–Kier alpha value is -2.26. The highest BCUT2D eigenvalue weighted by Gasteiger charge is 2.02. The molecule has 0 bridgehead atoms. The summed E-state index contributed by atoms with van der Waals surface area (Å²) in [6, 6.07) is 5.93. The highest BCUT2D eigenvalue weighted by molar-refractivity contribution is 8.13. The van der Waals surface area contributed by atoms with Crippen LogP contribution in [0.25, 0.3) is 5.69 Å². The maximum absolute atomic E-state index is 8.62. The molecular weight excluding hydrogens is 258 g/mol. The first-order chi connectivity index (χ1) is 9.24. The van der Waals surface area contributed by atoms with Crippen LogP contribution in [0.2, 0.25) is 0 Å². The van der Waals surface area contributed by atoms with Gasteiger partial charge >= 0.3 is 0 Å². The smallest absolute Gasteiger partial charge is 0.183 e. The molecule has 0 saturated carbocycles. The van der Waals surface area contributed by atoms with Crippen LogP contribution in [0.15, 0.2) is 41.9 Å². The van der Waals surface area contributed by atoms with Crippen molar-refractivity contribution in [3.05, 3.63) is 42.5 Å². The molecule has 1 N–H and O–H groups in total. The lowest BCUT2D eigenvalue weighted by atomic mass is 10.2. The second kappa shape index (κ2) is 6.07. The normalized spacial score (nSPS) is 11.1. The van der Waals surface area contributed by atoms with E-state index in [-0.39, 0.29) is 0 Å². The number of rotatable bonds is 2. The zero-order chi connectivity index (χ0) is 13.7. The first-order valence-corrected chi connectivity index (χ1v) is 6.84. The number of aliphatic imine (C=N–C) groups is 1. The van der Waals surface area contributed by atoms with E-state index in [0.717, 1.165) is 16.9 Å². The van der Waals surface area contributed by atoms with E-state index >= 15 is 0 Å². The molecule has 6 heteroatoms. The van der Waals surface area contributed by atoms with Gasteiger partial charge in [0.15, 0.2) is 11.4 Å². The summed E-state index contributed by atoms with van der Waals surface area (Å²) in [6.45, 7) is 1.99. The van der Waals surface area contributed by atoms with E-state index in [1.54, 1.807) is 12.5 Å². The van der Waals surface area contributed by atoms with Crippen LogP contribution >= 0.6 is 11.8 Å². The summed E-state index contributed by atoms with van der Waals surface area (Å²) in [6.07, 6.45) is 9.14. The van der Waals surface area contributed by atoms with Crippen molar-refractivity contribution >= 4 is 22.6 Å². The minimum Gasteiger partial charge on any atom is -0.306 e. The average molecular weight is 271 g/mol. The second-order valence-corrected chi connectivity index (χ2v) is 4.59. The van der Waals surface area contributed by atoms with Gasteiger partial charge in [-0.3, -0.25) is 5.32 Å². The fourth-order valence-corrected chi connectivity index (χ4v) is 1.96. The molecule has 2 rings (SSSR count). The van der Waals surface area contributed by atoms with Gasteiger partial charge < -0.3 is 4.57 Å². The molecule has 0 saturated heterocycles. The van der Waals surface area contributed by atoms with Crippen molar-refractivity contribution in [2.45, 2.75) is 6.92 Å². The number of nitrogens with zero attached hydrogens (tertiary/aromatic N) is 4. The van der Waals surface area contributed by atoms with Gasteiger partial charge in [-0.2, -0.15) is 5.26 Å². The number of aryl methyl sites for hydroxylation is 1. The van der Waals surface area contributed by atoms with Crippen LogP contribution in [0.1, 0.15) is 5.56 Å². The molecule has 19 heavy (non-hydrogen) atoms. The van der Waals surface area contributed by atoms with E-state index in [0.29, 0.717) is 5.17 Å². The molecule has 0 amide bonds. The van der Waals surface area contributed by atoms with Crippen LogP contribution in [-0.4, -0.2) is 21.0 Å². The zero-order valence-electron chi connectivity index (χ0n) is 10.7. The molecule has 0 unspecified atom stereocenters. The summed E-state index contributed by atoms with van der Waals surface area (Å²) in [5.74, 6) is 0. The maximum atomic E-state index is 8.62.